The van der Waals surface area contributed by atoms with Crippen molar-refractivity contribution >= 4 is 17.5 Å². The molecule has 1 saturated carbocycles. The van der Waals surface area contributed by atoms with Crippen LogP contribution in [0.1, 0.15) is 32.6 Å². The van der Waals surface area contributed by atoms with Crippen molar-refractivity contribution in [3.63, 3.8) is 0 Å². The van der Waals surface area contributed by atoms with Gasteiger partial charge in [0, 0.05) is 5.54 Å². The number of ether oxygens (including phenoxy) is 1. The van der Waals surface area contributed by atoms with Crippen LogP contribution in [0.4, 0.5) is 5.95 Å². The lowest BCUT2D eigenvalue weighted by atomic mass is 9.75. The van der Waals surface area contributed by atoms with Gasteiger partial charge in [0.25, 0.3) is 0 Å². The van der Waals surface area contributed by atoms with Crippen LogP contribution in [0.2, 0.25) is 5.28 Å². The highest BCUT2D eigenvalue weighted by Crippen LogP contribution is 2.37. The van der Waals surface area contributed by atoms with Crippen LogP contribution in [0.3, 0.4) is 0 Å². The summed E-state index contributed by atoms with van der Waals surface area (Å²) in [5.41, 5.74) is 0.135. The molecule has 0 atom stereocenters. The lowest BCUT2D eigenvalue weighted by Gasteiger charge is -2.41. The second-order valence-electron chi connectivity index (χ2n) is 4.03. The third-order valence-electron chi connectivity index (χ3n) is 3.13. The zero-order chi connectivity index (χ0) is 11.6. The Morgan fingerprint density at radius 1 is 1.38 bits per heavy atom. The molecule has 0 unspecified atom stereocenters. The molecule has 0 spiro atoms. The van der Waals surface area contributed by atoms with Gasteiger partial charge in [-0.2, -0.15) is 15.0 Å². The minimum Gasteiger partial charge on any atom is -0.467 e. The molecule has 1 aromatic heterocycles. The first-order valence-electron chi connectivity index (χ1n) is 5.41. The Bertz CT molecular complexity index is 376. The molecule has 1 N–H and O–H groups in total. The van der Waals surface area contributed by atoms with Crippen LogP contribution in [-0.2, 0) is 0 Å². The fourth-order valence-electron chi connectivity index (χ4n) is 1.89. The van der Waals surface area contributed by atoms with E-state index >= 15 is 0 Å². The maximum atomic E-state index is 5.78. The molecule has 0 aliphatic heterocycles. The quantitative estimate of drug-likeness (QED) is 0.878. The van der Waals surface area contributed by atoms with Crippen LogP contribution in [0.15, 0.2) is 0 Å². The van der Waals surface area contributed by atoms with Crippen LogP contribution < -0.4 is 10.1 Å². The minimum absolute atomic E-state index is 0.135. The number of hydrogen-bond donors (Lipinski definition) is 1. The highest BCUT2D eigenvalue weighted by Gasteiger charge is 2.35. The van der Waals surface area contributed by atoms with E-state index < -0.39 is 0 Å². The molecule has 2 rings (SSSR count). The van der Waals surface area contributed by atoms with Crippen LogP contribution in [0, 0.1) is 0 Å². The van der Waals surface area contributed by atoms with Crippen molar-refractivity contribution in [3.05, 3.63) is 5.28 Å². The number of rotatable bonds is 4. The number of halogens is 1. The Morgan fingerprint density at radius 3 is 2.62 bits per heavy atom. The summed E-state index contributed by atoms with van der Waals surface area (Å²) in [6.07, 6.45) is 4.60. The monoisotopic (exact) mass is 242 g/mol. The molecule has 6 heteroatoms. The van der Waals surface area contributed by atoms with Gasteiger partial charge >= 0.3 is 6.01 Å². The summed E-state index contributed by atoms with van der Waals surface area (Å²) in [6.45, 7) is 2.16. The summed E-state index contributed by atoms with van der Waals surface area (Å²) < 4.78 is 4.95. The van der Waals surface area contributed by atoms with Crippen molar-refractivity contribution in [1.29, 1.82) is 0 Å². The predicted octanol–water partition coefficient (Wildman–Crippen LogP) is 2.28. The molecule has 0 saturated heterocycles. The van der Waals surface area contributed by atoms with E-state index in [4.69, 9.17) is 16.3 Å². The summed E-state index contributed by atoms with van der Waals surface area (Å²) in [6, 6.07) is 0.244. The van der Waals surface area contributed by atoms with Gasteiger partial charge in [-0.1, -0.05) is 6.92 Å². The molecule has 16 heavy (non-hydrogen) atoms. The van der Waals surface area contributed by atoms with Crippen molar-refractivity contribution in [3.8, 4) is 6.01 Å². The van der Waals surface area contributed by atoms with E-state index in [1.807, 2.05) is 0 Å². The Labute approximate surface area is 99.6 Å². The average molecular weight is 243 g/mol. The second kappa shape index (κ2) is 4.41. The highest BCUT2D eigenvalue weighted by atomic mass is 35.5. The van der Waals surface area contributed by atoms with Crippen molar-refractivity contribution < 1.29 is 4.74 Å². The van der Waals surface area contributed by atoms with E-state index in [1.165, 1.54) is 13.5 Å². The summed E-state index contributed by atoms with van der Waals surface area (Å²) in [5.74, 6) is 0.499. The second-order valence-corrected chi connectivity index (χ2v) is 4.37. The van der Waals surface area contributed by atoms with E-state index in [9.17, 15) is 0 Å². The summed E-state index contributed by atoms with van der Waals surface area (Å²) >= 11 is 5.78. The van der Waals surface area contributed by atoms with Gasteiger partial charge in [0.2, 0.25) is 11.2 Å². The summed E-state index contributed by atoms with van der Waals surface area (Å²) in [5, 5.41) is 3.48. The Balaban J connectivity index is 2.17. The number of anilines is 1. The molecule has 5 nitrogen and oxygen atoms in total. The van der Waals surface area contributed by atoms with Crippen LogP contribution in [-0.4, -0.2) is 27.6 Å². The Hall–Kier alpha value is -1.10. The molecule has 1 aliphatic carbocycles. The molecule has 0 amide bonds. The van der Waals surface area contributed by atoms with E-state index in [0.717, 1.165) is 19.3 Å². The van der Waals surface area contributed by atoms with Gasteiger partial charge in [-0.05, 0) is 37.3 Å². The van der Waals surface area contributed by atoms with E-state index in [1.54, 1.807) is 0 Å². The first-order chi connectivity index (χ1) is 7.67. The molecule has 88 valence electrons. The van der Waals surface area contributed by atoms with Crippen molar-refractivity contribution in [2.75, 3.05) is 12.4 Å². The standard InChI is InChI=1S/C10H15ClN4O/c1-3-10(5-4-6-10)15-8-12-7(11)13-9(14-8)16-2/h3-6H2,1-2H3,(H,12,13,14,15). The lowest BCUT2D eigenvalue weighted by Crippen LogP contribution is -2.44. The van der Waals surface area contributed by atoms with Crippen LogP contribution >= 0.6 is 11.6 Å². The molecule has 1 fully saturated rings. The lowest BCUT2D eigenvalue weighted by molar-refractivity contribution is 0.267. The largest absolute Gasteiger partial charge is 0.467 e. The van der Waals surface area contributed by atoms with Crippen LogP contribution in [0.5, 0.6) is 6.01 Å². The first-order valence-corrected chi connectivity index (χ1v) is 5.79. The molecule has 0 radical (unpaired) electrons. The fraction of sp³-hybridized carbons (Fsp3) is 0.700. The third kappa shape index (κ3) is 2.19. The number of methoxy groups -OCH3 is 1. The predicted molar refractivity (Wildman–Crippen MR) is 61.9 cm³/mol. The topological polar surface area (TPSA) is 59.9 Å². The maximum Gasteiger partial charge on any atom is 0.322 e. The summed E-state index contributed by atoms with van der Waals surface area (Å²) in [4.78, 5) is 12.0. The Kier molecular flexibility index (Phi) is 3.14. The smallest absolute Gasteiger partial charge is 0.322 e. The van der Waals surface area contributed by atoms with E-state index in [2.05, 4.69) is 27.2 Å². The molecule has 1 heterocycles. The van der Waals surface area contributed by atoms with Gasteiger partial charge in [-0.15, -0.1) is 0 Å². The molecular weight excluding hydrogens is 228 g/mol. The maximum absolute atomic E-state index is 5.78. The Morgan fingerprint density at radius 2 is 2.12 bits per heavy atom. The molecule has 1 aromatic rings. The molecule has 1 aliphatic rings. The van der Waals surface area contributed by atoms with Gasteiger partial charge in [0.05, 0.1) is 7.11 Å². The minimum atomic E-state index is 0.135. The number of aromatic nitrogens is 3. The number of nitrogens with zero attached hydrogens (tertiary/aromatic N) is 3. The number of hydrogen-bond acceptors (Lipinski definition) is 5. The third-order valence-corrected chi connectivity index (χ3v) is 3.30. The van der Waals surface area contributed by atoms with Crippen LogP contribution in [0.25, 0.3) is 0 Å². The van der Waals surface area contributed by atoms with E-state index in [-0.39, 0.29) is 16.8 Å². The zero-order valence-electron chi connectivity index (χ0n) is 9.46. The van der Waals surface area contributed by atoms with Gasteiger partial charge < -0.3 is 10.1 Å². The van der Waals surface area contributed by atoms with Gasteiger partial charge in [0.1, 0.15) is 0 Å². The SMILES string of the molecule is CCC1(Nc2nc(Cl)nc(OC)n2)CCC1. The van der Waals surface area contributed by atoms with Gasteiger partial charge in [-0.3, -0.25) is 0 Å². The van der Waals surface area contributed by atoms with Crippen molar-refractivity contribution in [1.82, 2.24) is 15.0 Å². The van der Waals surface area contributed by atoms with E-state index in [0.29, 0.717) is 5.95 Å². The number of nitrogens with one attached hydrogen (secondary N) is 1. The summed E-state index contributed by atoms with van der Waals surface area (Å²) in [7, 11) is 1.51. The molecule has 0 bridgehead atoms. The van der Waals surface area contributed by atoms with Gasteiger partial charge in [0.15, 0.2) is 0 Å². The van der Waals surface area contributed by atoms with Gasteiger partial charge in [-0.25, -0.2) is 0 Å². The normalized spacial score (nSPS) is 17.7. The molecule has 0 aromatic carbocycles. The fourth-order valence-corrected chi connectivity index (χ4v) is 2.04. The first kappa shape index (κ1) is 11.4. The molecular formula is C10H15ClN4O. The highest BCUT2D eigenvalue weighted by molar-refractivity contribution is 6.28. The van der Waals surface area contributed by atoms with Crippen molar-refractivity contribution in [2.45, 2.75) is 38.1 Å². The average Bonchev–Trinajstić information content (AvgIpc) is 2.22. The van der Waals surface area contributed by atoms with Crippen molar-refractivity contribution in [2.24, 2.45) is 0 Å². The zero-order valence-corrected chi connectivity index (χ0v) is 10.2.